The summed E-state index contributed by atoms with van der Waals surface area (Å²) in [7, 11) is 0. The van der Waals surface area contributed by atoms with E-state index >= 15 is 0 Å². The van der Waals surface area contributed by atoms with Crippen LogP contribution in [0.1, 0.15) is 78.5 Å². The van der Waals surface area contributed by atoms with Gasteiger partial charge in [0.2, 0.25) is 23.7 Å². The van der Waals surface area contributed by atoms with Crippen molar-refractivity contribution in [2.75, 3.05) is 63.0 Å². The first-order chi connectivity index (χ1) is 36.7. The molecule has 0 radical (unpaired) electrons. The van der Waals surface area contributed by atoms with Crippen molar-refractivity contribution in [1.29, 1.82) is 0 Å². The average molecular weight is 1020 g/mol. The van der Waals surface area contributed by atoms with Gasteiger partial charge in [-0.3, -0.25) is 19.4 Å². The van der Waals surface area contributed by atoms with Crippen molar-refractivity contribution in [2.24, 2.45) is 20.5 Å². The molecule has 2 aliphatic heterocycles. The highest BCUT2D eigenvalue weighted by atomic mass is 16.2. The van der Waals surface area contributed by atoms with E-state index in [0.717, 1.165) is 49.5 Å². The molecule has 2 aliphatic rings. The molecule has 0 bridgehead atoms. The molecule has 4 aromatic carbocycles. The van der Waals surface area contributed by atoms with Crippen LogP contribution in [0, 0.1) is 0 Å². The number of nitrogen functional groups attached to an aromatic ring is 1. The molecule has 1 unspecified atom stereocenters. The van der Waals surface area contributed by atoms with Gasteiger partial charge in [-0.1, -0.05) is 0 Å². The number of carbonyl (C=O) groups excluding carboxylic acids is 2. The number of aromatic nitrogens is 7. The monoisotopic (exact) mass is 1020 g/mol. The molecule has 390 valence electrons. The van der Waals surface area contributed by atoms with Crippen LogP contribution in [0.25, 0.3) is 22.2 Å². The SMILES string of the molecule is CC(=O)Nc1ccc(N=Nc2ccc(N3CCC(NCc4cn(C(C)C)c5nc(Nc6cc(N=Nc7ccc(N8CCCC8)cc7)ccc6NC(C)=O)[nH]c(=O)c45)C3)cc2)cc1Nc1nc(N)c2ncn(C(C)C)c2n1. The summed E-state index contributed by atoms with van der Waals surface area (Å²) in [4.78, 5) is 64.4. The lowest BCUT2D eigenvalue weighted by Gasteiger charge is -2.19. The lowest BCUT2D eigenvalue weighted by atomic mass is 10.2. The van der Waals surface area contributed by atoms with Gasteiger partial charge < -0.3 is 51.3 Å². The third-order valence-electron chi connectivity index (χ3n) is 13.3. The highest BCUT2D eigenvalue weighted by Crippen LogP contribution is 2.35. The number of imidazole rings is 1. The fourth-order valence-electron chi connectivity index (χ4n) is 9.51. The number of hydrogen-bond acceptors (Lipinski definition) is 17. The van der Waals surface area contributed by atoms with Gasteiger partial charge in [0, 0.05) is 82.3 Å². The van der Waals surface area contributed by atoms with Gasteiger partial charge in [-0.25, -0.2) is 4.98 Å². The maximum absolute atomic E-state index is 14.0. The second-order valence-corrected chi connectivity index (χ2v) is 19.6. The van der Waals surface area contributed by atoms with Gasteiger partial charge >= 0.3 is 0 Å². The Morgan fingerprint density at radius 1 is 0.684 bits per heavy atom. The molecular weight excluding hydrogens is 963 g/mol. The van der Waals surface area contributed by atoms with Crippen molar-refractivity contribution in [3.63, 3.8) is 0 Å². The molecule has 0 aliphatic carbocycles. The Kier molecular flexibility index (Phi) is 14.5. The van der Waals surface area contributed by atoms with Crippen molar-refractivity contribution in [3.8, 4) is 0 Å². The summed E-state index contributed by atoms with van der Waals surface area (Å²) >= 11 is 0. The lowest BCUT2D eigenvalue weighted by Crippen LogP contribution is -2.32. The Bertz CT molecular complexity index is 3560. The third kappa shape index (κ3) is 11.4. The van der Waals surface area contributed by atoms with Gasteiger partial charge in [-0.05, 0) is 137 Å². The van der Waals surface area contributed by atoms with E-state index in [9.17, 15) is 14.4 Å². The van der Waals surface area contributed by atoms with Gasteiger partial charge in [-0.15, -0.1) is 0 Å². The Labute approximate surface area is 438 Å². The Morgan fingerprint density at radius 2 is 1.25 bits per heavy atom. The number of anilines is 9. The van der Waals surface area contributed by atoms with Gasteiger partial charge in [0.15, 0.2) is 11.5 Å². The predicted octanol–water partition coefficient (Wildman–Crippen LogP) is 10.8. The highest BCUT2D eigenvalue weighted by Gasteiger charge is 2.25. The molecule has 8 aromatic rings. The average Bonchev–Trinajstić information content (AvgIpc) is 4.25. The third-order valence-corrected chi connectivity index (χ3v) is 13.3. The van der Waals surface area contributed by atoms with E-state index in [0.29, 0.717) is 68.6 Å². The van der Waals surface area contributed by atoms with Crippen molar-refractivity contribution in [3.05, 3.63) is 113 Å². The summed E-state index contributed by atoms with van der Waals surface area (Å²) in [6, 6.07) is 26.8. The first-order valence-corrected chi connectivity index (χ1v) is 25.5. The molecule has 2 fully saturated rings. The van der Waals surface area contributed by atoms with Crippen LogP contribution < -0.4 is 47.7 Å². The predicted molar refractivity (Wildman–Crippen MR) is 299 cm³/mol. The second-order valence-electron chi connectivity index (χ2n) is 19.6. The number of aromatic amines is 1. The van der Waals surface area contributed by atoms with E-state index < -0.39 is 0 Å². The number of nitrogens with one attached hydrogen (secondary N) is 6. The van der Waals surface area contributed by atoms with Crippen LogP contribution >= 0.6 is 0 Å². The maximum atomic E-state index is 14.0. The van der Waals surface area contributed by atoms with E-state index in [-0.39, 0.29) is 53.2 Å². The molecule has 22 nitrogen and oxygen atoms in total. The smallest absolute Gasteiger partial charge is 0.262 e. The van der Waals surface area contributed by atoms with Gasteiger partial charge in [0.05, 0.1) is 57.2 Å². The Hall–Kier alpha value is -9.05. The second kappa shape index (κ2) is 21.8. The summed E-state index contributed by atoms with van der Waals surface area (Å²) in [5.74, 6) is 0.198. The van der Waals surface area contributed by atoms with Crippen LogP contribution in [0.5, 0.6) is 0 Å². The number of hydrogen-bond donors (Lipinski definition) is 7. The Balaban J connectivity index is 0.789. The van der Waals surface area contributed by atoms with Crippen LogP contribution in [-0.4, -0.2) is 78.1 Å². The molecule has 4 aromatic heterocycles. The van der Waals surface area contributed by atoms with E-state index in [1.807, 2.05) is 65.6 Å². The maximum Gasteiger partial charge on any atom is 0.262 e. The van der Waals surface area contributed by atoms with E-state index in [2.05, 4.69) is 103 Å². The number of nitrogens with two attached hydrogens (primary N) is 1. The highest BCUT2D eigenvalue weighted by molar-refractivity contribution is 5.95. The largest absolute Gasteiger partial charge is 0.382 e. The molecule has 0 saturated carbocycles. The zero-order valence-corrected chi connectivity index (χ0v) is 43.3. The lowest BCUT2D eigenvalue weighted by molar-refractivity contribution is -0.115. The molecule has 76 heavy (non-hydrogen) atoms. The minimum absolute atomic E-state index is 0.0134. The van der Waals surface area contributed by atoms with Crippen molar-refractivity contribution >= 4 is 109 Å². The zero-order chi connectivity index (χ0) is 53.0. The molecule has 10 rings (SSSR count). The van der Waals surface area contributed by atoms with Gasteiger partial charge in [0.25, 0.3) is 5.56 Å². The Morgan fingerprint density at radius 3 is 1.84 bits per heavy atom. The molecule has 2 saturated heterocycles. The molecule has 22 heteroatoms. The number of rotatable bonds is 17. The summed E-state index contributed by atoms with van der Waals surface area (Å²) < 4.78 is 3.92. The summed E-state index contributed by atoms with van der Waals surface area (Å²) in [6.07, 6.45) is 7.01. The van der Waals surface area contributed by atoms with Crippen molar-refractivity contribution < 1.29 is 9.59 Å². The van der Waals surface area contributed by atoms with Crippen LogP contribution in [-0.2, 0) is 16.1 Å². The number of H-pyrrole nitrogens is 1. The fraction of sp³-hybridized carbons (Fsp3) is 0.315. The van der Waals surface area contributed by atoms with Crippen LogP contribution in [0.3, 0.4) is 0 Å². The van der Waals surface area contributed by atoms with Crippen molar-refractivity contribution in [2.45, 2.75) is 85.5 Å². The standard InChI is InChI=1S/C54H61N19O3/c1-31(2)72-28-35(47-50(72)63-54(65-52(47)76)61-46-26-39(14-20-44(46)59-34(6)75)69-66-36-9-15-41(16-10-36)70-22-7-8-23-70)27-56-40-21-24-71(29-40)42-17-11-37(12-18-42)67-68-38-13-19-43(58-33(5)74)45(25-38)60-53-62-49(55)48-51(64-53)73(30-57-48)32(3)4/h9-20,25-26,28,30-32,40,56H,7-8,21-24,27,29H2,1-6H3,(H,58,74)(H,59,75)(H3,55,60,62,64)(H2,61,63,65,76). The van der Waals surface area contributed by atoms with Crippen LogP contribution in [0.4, 0.5) is 74.6 Å². The topological polar surface area (TPSA) is 271 Å². The molecule has 2 amide bonds. The fourth-order valence-corrected chi connectivity index (χ4v) is 9.51. The van der Waals surface area contributed by atoms with Crippen LogP contribution in [0.2, 0.25) is 0 Å². The number of benzene rings is 4. The zero-order valence-electron chi connectivity index (χ0n) is 43.3. The minimum Gasteiger partial charge on any atom is -0.382 e. The number of carbonyl (C=O) groups is 2. The number of nitrogens with zero attached hydrogens (tertiary/aromatic N) is 12. The van der Waals surface area contributed by atoms with E-state index in [1.54, 1.807) is 42.7 Å². The number of azo groups is 2. The van der Waals surface area contributed by atoms with Crippen LogP contribution in [0.15, 0.2) is 123 Å². The molecule has 1 atom stereocenters. The minimum atomic E-state index is -0.286. The molecule has 6 heterocycles. The first kappa shape index (κ1) is 50.5. The first-order valence-electron chi connectivity index (χ1n) is 25.5. The summed E-state index contributed by atoms with van der Waals surface area (Å²) in [6.45, 7) is 15.2. The summed E-state index contributed by atoms with van der Waals surface area (Å²) in [5.41, 5.74) is 15.2. The number of fused-ring (bicyclic) bond motifs is 2. The summed E-state index contributed by atoms with van der Waals surface area (Å²) in [5, 5.41) is 34.3. The quantitative estimate of drug-likeness (QED) is 0.0419. The molecule has 8 N–H and O–H groups in total. The van der Waals surface area contributed by atoms with Gasteiger partial charge in [0.1, 0.15) is 11.2 Å². The van der Waals surface area contributed by atoms with E-state index in [1.165, 1.54) is 32.4 Å². The van der Waals surface area contributed by atoms with Gasteiger partial charge in [-0.2, -0.15) is 35.4 Å². The normalized spacial score (nSPS) is 14.9. The molecular formula is C54H61N19O3. The van der Waals surface area contributed by atoms with E-state index in [4.69, 9.17) is 10.7 Å². The molecule has 0 spiro atoms. The number of amides is 2. The van der Waals surface area contributed by atoms with Crippen molar-refractivity contribution in [1.82, 2.24) is 39.4 Å².